The molecular formula is C21H17FN4O. The Hall–Kier alpha value is -3.67. The first kappa shape index (κ1) is 16.8. The van der Waals surface area contributed by atoms with Crippen LogP contribution in [0.4, 0.5) is 15.8 Å². The van der Waals surface area contributed by atoms with E-state index < -0.39 is 0 Å². The molecule has 5 N–H and O–H groups in total. The van der Waals surface area contributed by atoms with E-state index in [9.17, 15) is 9.18 Å². The van der Waals surface area contributed by atoms with Crippen LogP contribution in [0.3, 0.4) is 0 Å². The maximum atomic E-state index is 14.4. The predicted octanol–water partition coefficient (Wildman–Crippen LogP) is 3.48. The summed E-state index contributed by atoms with van der Waals surface area (Å²) in [6.07, 6.45) is 0.251. The van der Waals surface area contributed by atoms with E-state index in [1.807, 2.05) is 18.2 Å². The third-order valence-corrected chi connectivity index (χ3v) is 4.60. The topological polar surface area (TPSA) is 97.8 Å². The van der Waals surface area contributed by atoms with Crippen LogP contribution >= 0.6 is 0 Å². The number of anilines is 2. The van der Waals surface area contributed by atoms with Gasteiger partial charge in [-0.2, -0.15) is 5.10 Å². The fourth-order valence-electron chi connectivity index (χ4n) is 3.13. The van der Waals surface area contributed by atoms with Gasteiger partial charge in [-0.25, -0.2) is 9.49 Å². The number of aromatic amines is 1. The van der Waals surface area contributed by atoms with E-state index in [4.69, 9.17) is 11.5 Å². The van der Waals surface area contributed by atoms with Gasteiger partial charge in [0.15, 0.2) is 0 Å². The molecule has 4 rings (SSSR count). The largest absolute Gasteiger partial charge is 0.397 e. The highest BCUT2D eigenvalue weighted by Crippen LogP contribution is 2.28. The number of rotatable bonds is 3. The van der Waals surface area contributed by atoms with Crippen LogP contribution in [0.25, 0.3) is 21.9 Å². The lowest BCUT2D eigenvalue weighted by atomic mass is 9.98. The number of nitrogens with zero attached hydrogens (tertiary/aromatic N) is 1. The number of hydrogen-bond donors (Lipinski definition) is 3. The van der Waals surface area contributed by atoms with Gasteiger partial charge in [-0.05, 0) is 47.0 Å². The molecule has 0 aliphatic rings. The van der Waals surface area contributed by atoms with Gasteiger partial charge in [-0.3, -0.25) is 4.79 Å². The molecule has 0 atom stereocenters. The molecule has 5 nitrogen and oxygen atoms in total. The molecule has 0 bridgehead atoms. The second kappa shape index (κ2) is 6.57. The van der Waals surface area contributed by atoms with Crippen molar-refractivity contribution in [1.29, 1.82) is 0 Å². The lowest BCUT2D eigenvalue weighted by Gasteiger charge is -2.10. The van der Waals surface area contributed by atoms with Crippen LogP contribution in [-0.2, 0) is 6.42 Å². The van der Waals surface area contributed by atoms with Gasteiger partial charge >= 0.3 is 0 Å². The fourth-order valence-corrected chi connectivity index (χ4v) is 3.13. The number of nitrogen functional groups attached to an aromatic ring is 2. The monoisotopic (exact) mass is 360 g/mol. The molecule has 0 unspecified atom stereocenters. The quantitative estimate of drug-likeness (QED) is 0.487. The highest BCUT2D eigenvalue weighted by Gasteiger charge is 2.11. The van der Waals surface area contributed by atoms with Gasteiger partial charge in [-0.1, -0.05) is 30.3 Å². The lowest BCUT2D eigenvalue weighted by molar-refractivity contribution is 0.613. The number of nitrogens with one attached hydrogen (secondary N) is 1. The zero-order valence-corrected chi connectivity index (χ0v) is 14.4. The summed E-state index contributed by atoms with van der Waals surface area (Å²) in [5.41, 5.74) is 15.1. The number of aromatic nitrogens is 2. The SMILES string of the molecule is Nc1ccc(-c2ccc(F)c(Cc3n[nH]c(=O)c4ccccc34)c2)cc1N. The lowest BCUT2D eigenvalue weighted by Crippen LogP contribution is -2.11. The number of H-pyrrole nitrogens is 1. The van der Waals surface area contributed by atoms with E-state index in [0.29, 0.717) is 33.4 Å². The summed E-state index contributed by atoms with van der Waals surface area (Å²) in [6, 6.07) is 17.4. The van der Waals surface area contributed by atoms with Crippen LogP contribution < -0.4 is 17.0 Å². The van der Waals surface area contributed by atoms with Gasteiger partial charge in [0, 0.05) is 11.8 Å². The average Bonchev–Trinajstić information content (AvgIpc) is 2.68. The molecule has 0 spiro atoms. The summed E-state index contributed by atoms with van der Waals surface area (Å²) in [6.45, 7) is 0. The molecule has 0 saturated carbocycles. The van der Waals surface area contributed by atoms with Crippen LogP contribution in [0.1, 0.15) is 11.3 Å². The Labute approximate surface area is 154 Å². The summed E-state index contributed by atoms with van der Waals surface area (Å²) in [7, 11) is 0. The Kier molecular flexibility index (Phi) is 4.08. The average molecular weight is 360 g/mol. The van der Waals surface area contributed by atoms with Crippen molar-refractivity contribution < 1.29 is 4.39 Å². The molecule has 3 aromatic carbocycles. The maximum absolute atomic E-state index is 14.4. The highest BCUT2D eigenvalue weighted by molar-refractivity contribution is 5.83. The van der Waals surface area contributed by atoms with Crippen molar-refractivity contribution in [2.24, 2.45) is 0 Å². The van der Waals surface area contributed by atoms with Gasteiger partial charge in [-0.15, -0.1) is 0 Å². The Bertz CT molecular complexity index is 1220. The third-order valence-electron chi connectivity index (χ3n) is 4.60. The van der Waals surface area contributed by atoms with E-state index in [0.717, 1.165) is 11.1 Å². The van der Waals surface area contributed by atoms with Gasteiger partial charge in [0.05, 0.1) is 22.5 Å². The van der Waals surface area contributed by atoms with Gasteiger partial charge in [0.25, 0.3) is 5.56 Å². The number of benzene rings is 3. The standard InChI is InChI=1S/C21H17FN4O/c22-17-7-5-12(13-6-8-18(23)19(24)10-13)9-14(17)11-20-15-3-1-2-4-16(15)21(27)26-25-20/h1-10H,11,23-24H2,(H,26,27). The van der Waals surface area contributed by atoms with E-state index in [-0.39, 0.29) is 17.8 Å². The molecule has 27 heavy (non-hydrogen) atoms. The van der Waals surface area contributed by atoms with Gasteiger partial charge in [0.2, 0.25) is 0 Å². The Morgan fingerprint density at radius 2 is 1.59 bits per heavy atom. The van der Waals surface area contributed by atoms with Crippen LogP contribution in [0.15, 0.2) is 65.5 Å². The highest BCUT2D eigenvalue weighted by atomic mass is 19.1. The molecule has 1 aromatic heterocycles. The van der Waals surface area contributed by atoms with Crippen molar-refractivity contribution in [3.63, 3.8) is 0 Å². The van der Waals surface area contributed by atoms with Gasteiger partial charge < -0.3 is 11.5 Å². The Morgan fingerprint density at radius 3 is 2.37 bits per heavy atom. The number of halogens is 1. The zero-order valence-electron chi connectivity index (χ0n) is 14.4. The smallest absolute Gasteiger partial charge is 0.272 e. The molecule has 4 aromatic rings. The molecule has 0 fully saturated rings. The summed E-state index contributed by atoms with van der Waals surface area (Å²) < 4.78 is 14.4. The minimum Gasteiger partial charge on any atom is -0.397 e. The Balaban J connectivity index is 1.78. The van der Waals surface area contributed by atoms with Crippen LogP contribution in [0.5, 0.6) is 0 Å². The number of nitrogens with two attached hydrogens (primary N) is 2. The number of hydrogen-bond acceptors (Lipinski definition) is 4. The number of fused-ring (bicyclic) bond motifs is 1. The summed E-state index contributed by atoms with van der Waals surface area (Å²) in [5, 5.41) is 7.86. The van der Waals surface area contributed by atoms with Crippen molar-refractivity contribution in [2.45, 2.75) is 6.42 Å². The second-order valence-electron chi connectivity index (χ2n) is 6.37. The third kappa shape index (κ3) is 3.13. The Morgan fingerprint density at radius 1 is 0.889 bits per heavy atom. The molecule has 0 amide bonds. The van der Waals surface area contributed by atoms with E-state index in [1.165, 1.54) is 6.07 Å². The van der Waals surface area contributed by atoms with Gasteiger partial charge in [0.1, 0.15) is 5.82 Å². The second-order valence-corrected chi connectivity index (χ2v) is 6.37. The van der Waals surface area contributed by atoms with E-state index in [2.05, 4.69) is 10.2 Å². The van der Waals surface area contributed by atoms with Crippen molar-refractivity contribution in [1.82, 2.24) is 10.2 Å². The van der Waals surface area contributed by atoms with Crippen LogP contribution in [-0.4, -0.2) is 10.2 Å². The summed E-state index contributed by atoms with van der Waals surface area (Å²) in [4.78, 5) is 11.9. The minimum atomic E-state index is -0.334. The molecule has 0 saturated heterocycles. The van der Waals surface area contributed by atoms with Crippen LogP contribution in [0, 0.1) is 5.82 Å². The fraction of sp³-hybridized carbons (Fsp3) is 0.0476. The van der Waals surface area contributed by atoms with Crippen molar-refractivity contribution >= 4 is 22.1 Å². The van der Waals surface area contributed by atoms with Crippen molar-refractivity contribution in [3.05, 3.63) is 88.1 Å². The molecule has 0 radical (unpaired) electrons. The molecular weight excluding hydrogens is 343 g/mol. The summed E-state index contributed by atoms with van der Waals surface area (Å²) >= 11 is 0. The van der Waals surface area contributed by atoms with E-state index >= 15 is 0 Å². The minimum absolute atomic E-state index is 0.251. The van der Waals surface area contributed by atoms with Crippen LogP contribution in [0.2, 0.25) is 0 Å². The molecule has 6 heteroatoms. The maximum Gasteiger partial charge on any atom is 0.272 e. The normalized spacial score (nSPS) is 11.0. The van der Waals surface area contributed by atoms with E-state index in [1.54, 1.807) is 36.4 Å². The van der Waals surface area contributed by atoms with Crippen molar-refractivity contribution in [3.8, 4) is 11.1 Å². The first-order chi connectivity index (χ1) is 13.0. The zero-order chi connectivity index (χ0) is 19.0. The summed E-state index contributed by atoms with van der Waals surface area (Å²) in [5.74, 6) is -0.334. The molecule has 1 heterocycles. The molecule has 134 valence electrons. The first-order valence-electron chi connectivity index (χ1n) is 8.43. The molecule has 0 aliphatic heterocycles. The predicted molar refractivity (Wildman–Crippen MR) is 106 cm³/mol. The van der Waals surface area contributed by atoms with Crippen molar-refractivity contribution in [2.75, 3.05) is 11.5 Å². The molecule has 0 aliphatic carbocycles. The first-order valence-corrected chi connectivity index (χ1v) is 8.43.